The third-order valence-corrected chi connectivity index (χ3v) is 11.1. The van der Waals surface area contributed by atoms with Crippen molar-refractivity contribution < 1.29 is 20.1 Å². The molecule has 190 valence electrons. The quantitative estimate of drug-likeness (QED) is 0.413. The van der Waals surface area contributed by atoms with Crippen LogP contribution in [0.15, 0.2) is 34.9 Å². The minimum absolute atomic E-state index is 0.00976. The van der Waals surface area contributed by atoms with E-state index in [1.807, 2.05) is 13.8 Å². The van der Waals surface area contributed by atoms with E-state index in [1.54, 1.807) is 0 Å². The van der Waals surface area contributed by atoms with Crippen LogP contribution < -0.4 is 0 Å². The van der Waals surface area contributed by atoms with Gasteiger partial charge in [0.2, 0.25) is 0 Å². The normalized spacial score (nSPS) is 43.6. The van der Waals surface area contributed by atoms with Crippen molar-refractivity contribution in [3.05, 3.63) is 34.9 Å². The molecule has 8 atom stereocenters. The van der Waals surface area contributed by atoms with Gasteiger partial charge in [0.25, 0.3) is 0 Å². The second-order valence-electron chi connectivity index (χ2n) is 13.4. The van der Waals surface area contributed by atoms with Gasteiger partial charge in [0.15, 0.2) is 0 Å². The molecular formula is C30H46O4. The minimum Gasteiger partial charge on any atom is -0.481 e. The van der Waals surface area contributed by atoms with Crippen molar-refractivity contribution in [3.63, 3.8) is 0 Å². The van der Waals surface area contributed by atoms with Crippen molar-refractivity contribution in [1.29, 1.82) is 0 Å². The Bertz CT molecular complexity index is 937. The largest absolute Gasteiger partial charge is 0.481 e. The Morgan fingerprint density at radius 3 is 2.41 bits per heavy atom. The number of carboxylic acids is 1. The van der Waals surface area contributed by atoms with Gasteiger partial charge in [-0.15, -0.1) is 0 Å². The topological polar surface area (TPSA) is 77.8 Å². The van der Waals surface area contributed by atoms with Gasteiger partial charge in [-0.3, -0.25) is 4.79 Å². The predicted octanol–water partition coefficient (Wildman–Crippen LogP) is 6.29. The van der Waals surface area contributed by atoms with Crippen LogP contribution in [-0.2, 0) is 4.79 Å². The smallest absolute Gasteiger partial charge is 0.306 e. The van der Waals surface area contributed by atoms with Crippen molar-refractivity contribution in [2.24, 2.45) is 39.4 Å². The molecule has 0 heterocycles. The zero-order valence-corrected chi connectivity index (χ0v) is 22.3. The van der Waals surface area contributed by atoms with Crippen molar-refractivity contribution in [3.8, 4) is 0 Å². The van der Waals surface area contributed by atoms with Crippen molar-refractivity contribution in [1.82, 2.24) is 0 Å². The lowest BCUT2D eigenvalue weighted by Crippen LogP contribution is -2.54. The summed E-state index contributed by atoms with van der Waals surface area (Å²) in [4.78, 5) is 12.5. The molecule has 0 aliphatic heterocycles. The van der Waals surface area contributed by atoms with Crippen LogP contribution in [0.25, 0.3) is 0 Å². The Morgan fingerprint density at radius 1 is 1.12 bits per heavy atom. The third-order valence-electron chi connectivity index (χ3n) is 11.1. The summed E-state index contributed by atoms with van der Waals surface area (Å²) in [5.74, 6) is -1.22. The van der Waals surface area contributed by atoms with Gasteiger partial charge in [0.05, 0.1) is 18.1 Å². The number of carboxylic acid groups (broad SMARTS) is 1. The van der Waals surface area contributed by atoms with Gasteiger partial charge in [-0.2, -0.15) is 0 Å². The standard InChI is InChI=1S/C30H46O4/c1-18(2)9-8-10-19(26(33)34)25-22(31)17-30(7)21-11-12-23-27(3,4)24(32)14-15-28(23,5)20(21)13-16-29(25,30)6/h9,11,13,19,22-25,31-32H,8,10,12,14-17H2,1-7H3,(H,33,34)/t19-,22?,23+,24?,25+,28-,29-,30+/m1/s1. The van der Waals surface area contributed by atoms with E-state index in [0.29, 0.717) is 18.8 Å². The molecule has 0 aromatic heterocycles. The van der Waals surface area contributed by atoms with E-state index >= 15 is 0 Å². The monoisotopic (exact) mass is 470 g/mol. The molecule has 2 fully saturated rings. The number of rotatable bonds is 5. The van der Waals surface area contributed by atoms with Gasteiger partial charge >= 0.3 is 5.97 Å². The van der Waals surface area contributed by atoms with Crippen molar-refractivity contribution in [2.45, 2.75) is 106 Å². The third kappa shape index (κ3) is 3.50. The molecule has 0 saturated heterocycles. The molecule has 0 bridgehead atoms. The average molecular weight is 471 g/mol. The second-order valence-corrected chi connectivity index (χ2v) is 13.4. The van der Waals surface area contributed by atoms with E-state index in [-0.39, 0.29) is 33.7 Å². The lowest BCUT2D eigenvalue weighted by atomic mass is 9.44. The molecular weight excluding hydrogens is 424 g/mol. The van der Waals surface area contributed by atoms with E-state index in [9.17, 15) is 20.1 Å². The zero-order chi connectivity index (χ0) is 25.3. The summed E-state index contributed by atoms with van der Waals surface area (Å²) >= 11 is 0. The highest BCUT2D eigenvalue weighted by Gasteiger charge is 2.66. The molecule has 0 aromatic rings. The van der Waals surface area contributed by atoms with Crippen LogP contribution >= 0.6 is 0 Å². The molecule has 4 aliphatic rings. The maximum atomic E-state index is 12.5. The molecule has 4 aliphatic carbocycles. The second kappa shape index (κ2) is 8.34. The van der Waals surface area contributed by atoms with Crippen LogP contribution in [0.5, 0.6) is 0 Å². The summed E-state index contributed by atoms with van der Waals surface area (Å²) in [6.07, 6.45) is 11.4. The molecule has 0 amide bonds. The van der Waals surface area contributed by atoms with Gasteiger partial charge in [0, 0.05) is 11.3 Å². The number of carbonyl (C=O) groups is 1. The minimum atomic E-state index is -0.779. The van der Waals surface area contributed by atoms with E-state index in [0.717, 1.165) is 32.1 Å². The number of hydrogen-bond donors (Lipinski definition) is 3. The highest BCUT2D eigenvalue weighted by molar-refractivity contribution is 5.71. The van der Waals surface area contributed by atoms with E-state index in [2.05, 4.69) is 52.8 Å². The average Bonchev–Trinajstić information content (AvgIpc) is 2.94. The van der Waals surface area contributed by atoms with Crippen LogP contribution in [0.3, 0.4) is 0 Å². The predicted molar refractivity (Wildman–Crippen MR) is 136 cm³/mol. The maximum absolute atomic E-state index is 12.5. The molecule has 2 unspecified atom stereocenters. The molecule has 4 rings (SSSR count). The fourth-order valence-electron chi connectivity index (χ4n) is 8.83. The Labute approximate surface area is 206 Å². The Morgan fingerprint density at radius 2 is 1.79 bits per heavy atom. The summed E-state index contributed by atoms with van der Waals surface area (Å²) in [6.45, 7) is 15.4. The first-order valence-corrected chi connectivity index (χ1v) is 13.3. The molecule has 34 heavy (non-hydrogen) atoms. The molecule has 0 aromatic carbocycles. The molecule has 3 N–H and O–H groups in total. The number of fused-ring (bicyclic) bond motifs is 5. The van der Waals surface area contributed by atoms with E-state index in [4.69, 9.17) is 0 Å². The first kappa shape index (κ1) is 25.7. The molecule has 0 radical (unpaired) electrons. The number of hydrogen-bond acceptors (Lipinski definition) is 3. The number of aliphatic hydroxyl groups is 2. The van der Waals surface area contributed by atoms with Crippen LogP contribution in [-0.4, -0.2) is 33.5 Å². The summed E-state index contributed by atoms with van der Waals surface area (Å²) in [7, 11) is 0. The first-order chi connectivity index (χ1) is 15.7. The van der Waals surface area contributed by atoms with Crippen molar-refractivity contribution >= 4 is 5.97 Å². The summed E-state index contributed by atoms with van der Waals surface area (Å²) in [5.41, 5.74) is 3.27. The van der Waals surface area contributed by atoms with Gasteiger partial charge in [-0.25, -0.2) is 0 Å². The Kier molecular flexibility index (Phi) is 6.30. The molecule has 4 heteroatoms. The lowest BCUT2D eigenvalue weighted by Gasteiger charge is -2.61. The van der Waals surface area contributed by atoms with Crippen LogP contribution in [0.2, 0.25) is 0 Å². The maximum Gasteiger partial charge on any atom is 0.306 e. The van der Waals surface area contributed by atoms with Crippen molar-refractivity contribution in [2.75, 3.05) is 0 Å². The van der Waals surface area contributed by atoms with Gasteiger partial charge < -0.3 is 15.3 Å². The highest BCUT2D eigenvalue weighted by atomic mass is 16.4. The van der Waals surface area contributed by atoms with E-state index in [1.165, 1.54) is 16.7 Å². The Hall–Kier alpha value is -1.39. The zero-order valence-electron chi connectivity index (χ0n) is 22.3. The van der Waals surface area contributed by atoms with Crippen LogP contribution in [0, 0.1) is 39.4 Å². The van der Waals surface area contributed by atoms with Gasteiger partial charge in [-0.1, -0.05) is 58.4 Å². The lowest BCUT2D eigenvalue weighted by molar-refractivity contribution is -0.148. The van der Waals surface area contributed by atoms with E-state index < -0.39 is 18.0 Å². The molecule has 4 nitrogen and oxygen atoms in total. The SMILES string of the molecule is CC(C)=CCC[C@@H](C(=O)O)[C@H]1C(O)C[C@@]2(C)C3=CC[C@H]4C(C)(C)C(O)CC[C@]4(C)C3=CC[C@]12C. The number of aliphatic carboxylic acids is 1. The first-order valence-electron chi connectivity index (χ1n) is 13.3. The highest BCUT2D eigenvalue weighted by Crippen LogP contribution is 2.71. The van der Waals surface area contributed by atoms with Crippen LogP contribution in [0.1, 0.15) is 93.4 Å². The molecule has 2 saturated carbocycles. The van der Waals surface area contributed by atoms with Gasteiger partial charge in [0.1, 0.15) is 0 Å². The molecule has 0 spiro atoms. The Balaban J connectivity index is 1.74. The summed E-state index contributed by atoms with van der Waals surface area (Å²) in [6, 6.07) is 0. The number of aliphatic hydroxyl groups excluding tert-OH is 2. The van der Waals surface area contributed by atoms with Crippen LogP contribution in [0.4, 0.5) is 0 Å². The van der Waals surface area contributed by atoms with Gasteiger partial charge in [-0.05, 0) is 92.1 Å². The fraction of sp³-hybridized carbons (Fsp3) is 0.767. The number of allylic oxidation sites excluding steroid dienone is 6. The summed E-state index contributed by atoms with van der Waals surface area (Å²) in [5, 5.41) is 32.4. The fourth-order valence-corrected chi connectivity index (χ4v) is 8.83. The summed E-state index contributed by atoms with van der Waals surface area (Å²) < 4.78 is 0.